The van der Waals surface area contributed by atoms with Gasteiger partial charge in [-0.15, -0.1) is 0 Å². The normalized spacial score (nSPS) is 31.1. The quantitative estimate of drug-likeness (QED) is 0.823. The minimum Gasteiger partial charge on any atom is -0.478 e. The summed E-state index contributed by atoms with van der Waals surface area (Å²) in [5.74, 6) is 1.30. The van der Waals surface area contributed by atoms with Crippen LogP contribution in [0.5, 0.6) is 5.75 Å². The van der Waals surface area contributed by atoms with Crippen LogP contribution in [0.1, 0.15) is 24.4 Å². The first-order valence-electron chi connectivity index (χ1n) is 6.80. The van der Waals surface area contributed by atoms with E-state index in [1.165, 1.54) is 0 Å². The van der Waals surface area contributed by atoms with Crippen LogP contribution in [0.25, 0.3) is 0 Å². The lowest BCUT2D eigenvalue weighted by Gasteiger charge is -2.25. The zero-order valence-corrected chi connectivity index (χ0v) is 11.5. The molecule has 4 rings (SSSR count). The van der Waals surface area contributed by atoms with Crippen LogP contribution in [0.15, 0.2) is 23.2 Å². The van der Waals surface area contributed by atoms with Gasteiger partial charge in [0, 0.05) is 10.6 Å². The standard InChI is InChI=1S/C14H14ClN3O2/c15-7-3-4-10-8(6-7)11-12(20-10)14(19)18-13(17-11)9-2-1-5-16-9/h3-4,6,9,11-12,16H,1-2,5H2,(H,17,18,19)/t9-,11-,12+/m0/s1. The van der Waals surface area contributed by atoms with Crippen molar-refractivity contribution in [1.29, 1.82) is 0 Å². The van der Waals surface area contributed by atoms with Gasteiger partial charge in [0.2, 0.25) is 6.10 Å². The molecule has 5 nitrogen and oxygen atoms in total. The Hall–Kier alpha value is -1.59. The van der Waals surface area contributed by atoms with Crippen molar-refractivity contribution in [3.8, 4) is 5.75 Å². The summed E-state index contributed by atoms with van der Waals surface area (Å²) < 4.78 is 5.69. The third-order valence-electron chi connectivity index (χ3n) is 4.01. The average molecular weight is 292 g/mol. The summed E-state index contributed by atoms with van der Waals surface area (Å²) in [6.07, 6.45) is 1.53. The lowest BCUT2D eigenvalue weighted by atomic mass is 10.0. The predicted molar refractivity (Wildman–Crippen MR) is 75.2 cm³/mol. The molecule has 3 aliphatic rings. The first-order chi connectivity index (χ1) is 9.72. The van der Waals surface area contributed by atoms with Crippen LogP contribution in [0.2, 0.25) is 5.02 Å². The lowest BCUT2D eigenvalue weighted by molar-refractivity contribution is -0.127. The zero-order valence-electron chi connectivity index (χ0n) is 10.7. The van der Waals surface area contributed by atoms with Gasteiger partial charge in [-0.25, -0.2) is 0 Å². The number of nitrogens with zero attached hydrogens (tertiary/aromatic N) is 1. The van der Waals surface area contributed by atoms with Crippen molar-refractivity contribution in [3.63, 3.8) is 0 Å². The molecule has 1 amide bonds. The Balaban J connectivity index is 1.74. The maximum absolute atomic E-state index is 12.2. The molecule has 3 heterocycles. The van der Waals surface area contributed by atoms with E-state index in [2.05, 4.69) is 10.6 Å². The van der Waals surface area contributed by atoms with Crippen molar-refractivity contribution in [2.45, 2.75) is 31.0 Å². The van der Waals surface area contributed by atoms with E-state index in [0.717, 1.165) is 30.8 Å². The van der Waals surface area contributed by atoms with Gasteiger partial charge in [0.25, 0.3) is 5.91 Å². The van der Waals surface area contributed by atoms with Crippen LogP contribution >= 0.6 is 11.6 Å². The van der Waals surface area contributed by atoms with E-state index in [1.54, 1.807) is 12.1 Å². The number of aliphatic imine (C=N–C) groups is 1. The number of benzene rings is 1. The van der Waals surface area contributed by atoms with E-state index in [-0.39, 0.29) is 18.0 Å². The fraction of sp³-hybridized carbons (Fsp3) is 0.429. The van der Waals surface area contributed by atoms with Gasteiger partial charge in [-0.3, -0.25) is 9.79 Å². The molecule has 1 aromatic carbocycles. The topological polar surface area (TPSA) is 62.7 Å². The molecule has 6 heteroatoms. The molecule has 0 unspecified atom stereocenters. The number of hydrogen-bond donors (Lipinski definition) is 2. The van der Waals surface area contributed by atoms with Gasteiger partial charge < -0.3 is 15.4 Å². The number of hydrogen-bond acceptors (Lipinski definition) is 4. The van der Waals surface area contributed by atoms with E-state index in [9.17, 15) is 4.79 Å². The summed E-state index contributed by atoms with van der Waals surface area (Å²) in [5.41, 5.74) is 0.896. The second kappa shape index (κ2) is 4.46. The molecule has 3 atom stereocenters. The van der Waals surface area contributed by atoms with Gasteiger partial charge >= 0.3 is 0 Å². The average Bonchev–Trinajstić information content (AvgIpc) is 3.06. The highest BCUT2D eigenvalue weighted by molar-refractivity contribution is 6.30. The van der Waals surface area contributed by atoms with E-state index < -0.39 is 6.10 Å². The molecule has 1 saturated heterocycles. The monoisotopic (exact) mass is 291 g/mol. The van der Waals surface area contributed by atoms with Gasteiger partial charge in [-0.05, 0) is 37.6 Å². The Kier molecular flexibility index (Phi) is 2.72. The number of fused-ring (bicyclic) bond motifs is 3. The Bertz CT molecular complexity index is 610. The molecule has 0 bridgehead atoms. The Morgan fingerprint density at radius 3 is 3.10 bits per heavy atom. The van der Waals surface area contributed by atoms with Crippen LogP contribution in [0, 0.1) is 0 Å². The fourth-order valence-electron chi connectivity index (χ4n) is 3.03. The summed E-state index contributed by atoms with van der Waals surface area (Å²) in [6.45, 7) is 0.965. The summed E-state index contributed by atoms with van der Waals surface area (Å²) in [6, 6.07) is 5.26. The number of amidine groups is 1. The molecule has 20 heavy (non-hydrogen) atoms. The predicted octanol–water partition coefficient (Wildman–Crippen LogP) is 1.42. The maximum Gasteiger partial charge on any atom is 0.269 e. The second-order valence-electron chi connectivity index (χ2n) is 5.32. The van der Waals surface area contributed by atoms with E-state index in [0.29, 0.717) is 10.8 Å². The van der Waals surface area contributed by atoms with Gasteiger partial charge in [0.1, 0.15) is 17.6 Å². The third-order valence-corrected chi connectivity index (χ3v) is 4.24. The first-order valence-corrected chi connectivity index (χ1v) is 7.18. The molecule has 3 aliphatic heterocycles. The minimum absolute atomic E-state index is 0.124. The maximum atomic E-state index is 12.2. The molecule has 1 fully saturated rings. The second-order valence-corrected chi connectivity index (χ2v) is 5.75. The Labute approximate surface area is 121 Å². The molecule has 2 N–H and O–H groups in total. The molecule has 1 aromatic rings. The van der Waals surface area contributed by atoms with Crippen LogP contribution in [-0.2, 0) is 4.79 Å². The fourth-order valence-corrected chi connectivity index (χ4v) is 3.21. The number of halogens is 1. The summed E-state index contributed by atoms with van der Waals surface area (Å²) in [7, 11) is 0. The molecular formula is C14H14ClN3O2. The van der Waals surface area contributed by atoms with Crippen LogP contribution in [0.3, 0.4) is 0 Å². The Morgan fingerprint density at radius 1 is 1.40 bits per heavy atom. The van der Waals surface area contributed by atoms with Crippen molar-refractivity contribution in [2.24, 2.45) is 4.99 Å². The van der Waals surface area contributed by atoms with Gasteiger partial charge in [0.05, 0.1) is 6.04 Å². The van der Waals surface area contributed by atoms with E-state index in [1.807, 2.05) is 6.07 Å². The van der Waals surface area contributed by atoms with Crippen LogP contribution < -0.4 is 15.4 Å². The zero-order chi connectivity index (χ0) is 13.7. The number of ether oxygens (including phenoxy) is 1. The largest absolute Gasteiger partial charge is 0.478 e. The molecule has 0 saturated carbocycles. The minimum atomic E-state index is -0.575. The number of carbonyl (C=O) groups is 1. The van der Waals surface area contributed by atoms with E-state index >= 15 is 0 Å². The van der Waals surface area contributed by atoms with E-state index in [4.69, 9.17) is 21.3 Å². The molecule has 0 aromatic heterocycles. The van der Waals surface area contributed by atoms with Crippen molar-refractivity contribution < 1.29 is 9.53 Å². The molecule has 104 valence electrons. The number of carbonyl (C=O) groups excluding carboxylic acids is 1. The Morgan fingerprint density at radius 2 is 2.30 bits per heavy atom. The molecule has 0 spiro atoms. The third kappa shape index (κ3) is 1.81. The highest BCUT2D eigenvalue weighted by atomic mass is 35.5. The lowest BCUT2D eigenvalue weighted by Crippen LogP contribution is -2.52. The molecule has 0 radical (unpaired) electrons. The molecular weight excluding hydrogens is 278 g/mol. The number of nitrogens with one attached hydrogen (secondary N) is 2. The molecule has 0 aliphatic carbocycles. The van der Waals surface area contributed by atoms with Gasteiger partial charge in [0.15, 0.2) is 0 Å². The van der Waals surface area contributed by atoms with Gasteiger partial charge in [-0.1, -0.05) is 11.6 Å². The van der Waals surface area contributed by atoms with Crippen molar-refractivity contribution in [3.05, 3.63) is 28.8 Å². The van der Waals surface area contributed by atoms with Crippen LogP contribution in [0.4, 0.5) is 0 Å². The van der Waals surface area contributed by atoms with Gasteiger partial charge in [-0.2, -0.15) is 0 Å². The summed E-state index contributed by atoms with van der Waals surface area (Å²) in [4.78, 5) is 16.9. The summed E-state index contributed by atoms with van der Waals surface area (Å²) in [5, 5.41) is 6.85. The van der Waals surface area contributed by atoms with Crippen molar-refractivity contribution >= 4 is 23.3 Å². The van der Waals surface area contributed by atoms with Crippen molar-refractivity contribution in [2.75, 3.05) is 6.54 Å². The van der Waals surface area contributed by atoms with Crippen molar-refractivity contribution in [1.82, 2.24) is 10.6 Å². The van der Waals surface area contributed by atoms with Crippen LogP contribution in [-0.4, -0.2) is 30.4 Å². The smallest absolute Gasteiger partial charge is 0.269 e. The number of amides is 1. The summed E-state index contributed by atoms with van der Waals surface area (Å²) >= 11 is 6.04. The SMILES string of the molecule is O=C1NC([C@@H]2CCCN2)=N[C@H]2c3cc(Cl)ccc3O[C@@H]12. The highest BCUT2D eigenvalue weighted by Gasteiger charge is 2.44. The highest BCUT2D eigenvalue weighted by Crippen LogP contribution is 2.42. The number of rotatable bonds is 1. The first kappa shape index (κ1) is 12.2.